The lowest BCUT2D eigenvalue weighted by Crippen LogP contribution is -2.38. The third-order valence-electron chi connectivity index (χ3n) is 4.15. The minimum absolute atomic E-state index is 0.0699. The second-order valence-corrected chi connectivity index (χ2v) is 6.02. The maximum absolute atomic E-state index is 12.7. The molecule has 1 fully saturated rings. The summed E-state index contributed by atoms with van der Waals surface area (Å²) in [5.41, 5.74) is 0.111. The van der Waals surface area contributed by atoms with Crippen LogP contribution in [0.15, 0.2) is 24.3 Å². The number of piperidine rings is 1. The highest BCUT2D eigenvalue weighted by molar-refractivity contribution is 5.27. The number of hydrogen-bond acceptors (Lipinski definition) is 2. The Morgan fingerprint density at radius 2 is 2.14 bits per heavy atom. The highest BCUT2D eigenvalue weighted by Crippen LogP contribution is 2.30. The zero-order chi connectivity index (χ0) is 15.5. The lowest BCUT2D eigenvalue weighted by molar-refractivity contribution is -0.137. The van der Waals surface area contributed by atoms with Crippen LogP contribution in [-0.2, 0) is 6.18 Å². The number of benzene rings is 1. The fourth-order valence-electron chi connectivity index (χ4n) is 2.89. The van der Waals surface area contributed by atoms with Crippen molar-refractivity contribution >= 4 is 0 Å². The van der Waals surface area contributed by atoms with Gasteiger partial charge in [0, 0.05) is 12.6 Å². The summed E-state index contributed by atoms with van der Waals surface area (Å²) in [6, 6.07) is 5.52. The molecule has 2 atom stereocenters. The van der Waals surface area contributed by atoms with Gasteiger partial charge in [-0.1, -0.05) is 12.1 Å². The monoisotopic (exact) mass is 300 g/mol. The molecule has 2 nitrogen and oxygen atoms in total. The number of rotatable bonds is 4. The van der Waals surface area contributed by atoms with Crippen LogP contribution >= 0.6 is 0 Å². The molecule has 0 amide bonds. The summed E-state index contributed by atoms with van der Waals surface area (Å²) in [5.74, 6) is 0.581. The van der Waals surface area contributed by atoms with Gasteiger partial charge >= 0.3 is 6.18 Å². The van der Waals surface area contributed by atoms with E-state index in [1.54, 1.807) is 6.07 Å². The van der Waals surface area contributed by atoms with Crippen LogP contribution in [0.2, 0.25) is 0 Å². The van der Waals surface area contributed by atoms with Gasteiger partial charge in [0.1, 0.15) is 0 Å². The van der Waals surface area contributed by atoms with Crippen molar-refractivity contribution in [2.24, 2.45) is 5.92 Å². The minimum Gasteiger partial charge on any atom is -0.310 e. The van der Waals surface area contributed by atoms with Gasteiger partial charge in [0.25, 0.3) is 0 Å². The largest absolute Gasteiger partial charge is 0.416 e. The van der Waals surface area contributed by atoms with Gasteiger partial charge < -0.3 is 10.2 Å². The molecule has 2 rings (SSSR count). The van der Waals surface area contributed by atoms with Gasteiger partial charge in [-0.2, -0.15) is 13.2 Å². The first-order valence-corrected chi connectivity index (χ1v) is 7.45. The second kappa shape index (κ2) is 6.79. The van der Waals surface area contributed by atoms with E-state index < -0.39 is 11.7 Å². The van der Waals surface area contributed by atoms with Crippen molar-refractivity contribution in [2.45, 2.75) is 32.0 Å². The number of nitrogens with zero attached hydrogens (tertiary/aromatic N) is 1. The molecule has 0 spiro atoms. The molecular weight excluding hydrogens is 277 g/mol. The third-order valence-corrected chi connectivity index (χ3v) is 4.15. The van der Waals surface area contributed by atoms with Crippen LogP contribution in [0.4, 0.5) is 13.2 Å². The van der Waals surface area contributed by atoms with Crippen LogP contribution in [0.3, 0.4) is 0 Å². The van der Waals surface area contributed by atoms with Crippen LogP contribution in [0.5, 0.6) is 0 Å². The van der Waals surface area contributed by atoms with Crippen molar-refractivity contribution in [3.8, 4) is 0 Å². The van der Waals surface area contributed by atoms with E-state index in [1.807, 2.05) is 6.92 Å². The summed E-state index contributed by atoms with van der Waals surface area (Å²) in [6.45, 7) is 4.96. The predicted octanol–water partition coefficient (Wildman–Crippen LogP) is 3.70. The normalized spacial score (nSPS) is 22.2. The number of hydrogen-bond donors (Lipinski definition) is 1. The summed E-state index contributed by atoms with van der Waals surface area (Å²) < 4.78 is 38.2. The fraction of sp³-hybridized carbons (Fsp3) is 0.625. The average Bonchev–Trinajstić information content (AvgIpc) is 2.44. The third kappa shape index (κ3) is 4.71. The van der Waals surface area contributed by atoms with E-state index in [1.165, 1.54) is 25.0 Å². The van der Waals surface area contributed by atoms with Crippen molar-refractivity contribution in [1.82, 2.24) is 10.2 Å². The van der Waals surface area contributed by atoms with E-state index in [0.717, 1.165) is 25.7 Å². The molecule has 118 valence electrons. The summed E-state index contributed by atoms with van der Waals surface area (Å²) in [4.78, 5) is 2.31. The van der Waals surface area contributed by atoms with Gasteiger partial charge in [-0.25, -0.2) is 0 Å². The van der Waals surface area contributed by atoms with Crippen molar-refractivity contribution in [3.63, 3.8) is 0 Å². The van der Waals surface area contributed by atoms with Crippen molar-refractivity contribution < 1.29 is 13.2 Å². The first-order chi connectivity index (χ1) is 9.86. The molecular formula is C16H23F3N2. The molecule has 5 heteroatoms. The fourth-order valence-corrected chi connectivity index (χ4v) is 2.89. The molecule has 0 saturated carbocycles. The molecule has 21 heavy (non-hydrogen) atoms. The van der Waals surface area contributed by atoms with E-state index >= 15 is 0 Å². The van der Waals surface area contributed by atoms with Crippen molar-refractivity contribution in [1.29, 1.82) is 0 Å². The maximum atomic E-state index is 12.7. The molecule has 1 aliphatic rings. The summed E-state index contributed by atoms with van der Waals surface area (Å²) in [5, 5.41) is 3.37. The molecule has 0 bridgehead atoms. The van der Waals surface area contributed by atoms with E-state index in [4.69, 9.17) is 0 Å². The zero-order valence-electron chi connectivity index (χ0n) is 12.6. The van der Waals surface area contributed by atoms with Gasteiger partial charge in [0.2, 0.25) is 0 Å². The van der Waals surface area contributed by atoms with Gasteiger partial charge in [0.05, 0.1) is 5.56 Å². The van der Waals surface area contributed by atoms with Gasteiger partial charge in [-0.05, 0) is 63.5 Å². The first kappa shape index (κ1) is 16.3. The van der Waals surface area contributed by atoms with Crippen LogP contribution < -0.4 is 5.32 Å². The molecule has 1 aromatic carbocycles. The Morgan fingerprint density at radius 3 is 2.81 bits per heavy atom. The topological polar surface area (TPSA) is 15.3 Å². The number of nitrogens with one attached hydrogen (secondary N) is 1. The van der Waals surface area contributed by atoms with Gasteiger partial charge in [0.15, 0.2) is 0 Å². The molecule has 0 radical (unpaired) electrons. The maximum Gasteiger partial charge on any atom is 0.416 e. The van der Waals surface area contributed by atoms with Crippen LogP contribution in [0, 0.1) is 5.92 Å². The summed E-state index contributed by atoms with van der Waals surface area (Å²) in [6.07, 6.45) is -1.89. The zero-order valence-corrected chi connectivity index (χ0v) is 12.6. The Morgan fingerprint density at radius 1 is 1.38 bits per heavy atom. The Labute approximate surface area is 124 Å². The lowest BCUT2D eigenvalue weighted by atomic mass is 9.97. The summed E-state index contributed by atoms with van der Waals surface area (Å²) in [7, 11) is 2.11. The Hall–Kier alpha value is -1.07. The molecule has 1 N–H and O–H groups in total. The minimum atomic E-state index is -4.28. The van der Waals surface area contributed by atoms with Crippen LogP contribution in [-0.4, -0.2) is 31.6 Å². The smallest absolute Gasteiger partial charge is 0.310 e. The van der Waals surface area contributed by atoms with Crippen molar-refractivity contribution in [2.75, 3.05) is 26.7 Å². The molecule has 0 aliphatic carbocycles. The molecule has 1 aromatic rings. The lowest BCUT2D eigenvalue weighted by Gasteiger charge is -2.30. The molecule has 1 aliphatic heterocycles. The number of halogens is 3. The van der Waals surface area contributed by atoms with Crippen LogP contribution in [0.25, 0.3) is 0 Å². The predicted molar refractivity (Wildman–Crippen MR) is 78.1 cm³/mol. The van der Waals surface area contributed by atoms with E-state index in [9.17, 15) is 13.2 Å². The molecule has 2 unspecified atom stereocenters. The van der Waals surface area contributed by atoms with E-state index in [0.29, 0.717) is 11.5 Å². The van der Waals surface area contributed by atoms with Gasteiger partial charge in [-0.3, -0.25) is 0 Å². The van der Waals surface area contributed by atoms with E-state index in [2.05, 4.69) is 17.3 Å². The van der Waals surface area contributed by atoms with Crippen molar-refractivity contribution in [3.05, 3.63) is 35.4 Å². The Balaban J connectivity index is 1.92. The molecule has 1 heterocycles. The Kier molecular flexibility index (Phi) is 5.27. The number of alkyl halides is 3. The molecule has 1 saturated heterocycles. The molecule has 0 aromatic heterocycles. The standard InChI is InChI=1S/C16H23F3N2/c1-12(20-10-13-5-4-8-21(2)11-13)14-6-3-7-15(9-14)16(17,18)19/h3,6-7,9,12-13,20H,4-5,8,10-11H2,1-2H3. The highest BCUT2D eigenvalue weighted by atomic mass is 19.4. The Bertz CT molecular complexity index is 459. The van der Waals surface area contributed by atoms with E-state index in [-0.39, 0.29) is 6.04 Å². The quantitative estimate of drug-likeness (QED) is 0.912. The highest BCUT2D eigenvalue weighted by Gasteiger charge is 2.30. The summed E-state index contributed by atoms with van der Waals surface area (Å²) >= 11 is 0. The van der Waals surface area contributed by atoms with Crippen LogP contribution in [0.1, 0.15) is 36.9 Å². The first-order valence-electron chi connectivity index (χ1n) is 7.45. The number of likely N-dealkylation sites (tertiary alicyclic amines) is 1. The SMILES string of the molecule is CC(NCC1CCCN(C)C1)c1cccc(C(F)(F)F)c1. The average molecular weight is 300 g/mol. The second-order valence-electron chi connectivity index (χ2n) is 6.02. The van der Waals surface area contributed by atoms with Gasteiger partial charge in [-0.15, -0.1) is 0 Å².